The molecule has 3 nitrogen and oxygen atoms in total. The van der Waals surface area contributed by atoms with E-state index in [9.17, 15) is 0 Å². The zero-order valence-corrected chi connectivity index (χ0v) is 8.80. The standard InChI is InChI=1S/Al.Na.H3O3P.3H/c;;1-4(2)3;;;/h;;4H,(H2,1,2,3);;;/q;+1;;;;-1. The van der Waals surface area contributed by atoms with Gasteiger partial charge in [-0.3, -0.25) is 4.57 Å². The van der Waals surface area contributed by atoms with Crippen molar-refractivity contribution in [1.82, 2.24) is 0 Å². The third-order valence-electron chi connectivity index (χ3n) is 0. The number of rotatable bonds is 0. The predicted molar refractivity (Wildman–Crippen MR) is 23.1 cm³/mol. The van der Waals surface area contributed by atoms with E-state index < -0.39 is 8.25 Å². The van der Waals surface area contributed by atoms with E-state index in [0.29, 0.717) is 0 Å². The zero-order chi connectivity index (χ0) is 3.58. The molecule has 0 aliphatic carbocycles. The molecule has 0 bridgehead atoms. The molecule has 0 fully saturated rings. The van der Waals surface area contributed by atoms with Crippen molar-refractivity contribution in [3.63, 3.8) is 0 Å². The van der Waals surface area contributed by atoms with Gasteiger partial charge in [-0.1, -0.05) is 0 Å². The molecule has 6 heavy (non-hydrogen) atoms. The summed E-state index contributed by atoms with van der Waals surface area (Å²) in [6.45, 7) is 0. The van der Waals surface area contributed by atoms with Crippen molar-refractivity contribution in [2.24, 2.45) is 0 Å². The first kappa shape index (κ1) is 15.6. The minimum atomic E-state index is -3.13. The Kier molecular flexibility index (Phi) is 25.7. The first-order valence-electron chi connectivity index (χ1n) is 0.651. The van der Waals surface area contributed by atoms with E-state index in [2.05, 4.69) is 0 Å². The number of hydrogen-bond acceptors (Lipinski definition) is 1. The largest absolute Gasteiger partial charge is 1.00 e. The second-order valence-electron chi connectivity index (χ2n) is 0.283. The van der Waals surface area contributed by atoms with Gasteiger partial charge in [0, 0.05) is 0 Å². The molecule has 1 radical (unpaired) electrons. The summed E-state index contributed by atoms with van der Waals surface area (Å²) in [5.41, 5.74) is 0. The van der Waals surface area contributed by atoms with Gasteiger partial charge in [0.2, 0.25) is 0 Å². The van der Waals surface area contributed by atoms with Crippen molar-refractivity contribution in [3.05, 3.63) is 0 Å². The van der Waals surface area contributed by atoms with Crippen LogP contribution in [0, 0.1) is 0 Å². The van der Waals surface area contributed by atoms with Crippen LogP contribution >= 0.6 is 8.25 Å². The topological polar surface area (TPSA) is 57.5 Å². The third kappa shape index (κ3) is 44.0. The van der Waals surface area contributed by atoms with Gasteiger partial charge in [0.15, 0.2) is 0 Å². The SMILES string of the molecule is O=[PH](O)O.[AlH2].[H-].[Na+]. The van der Waals surface area contributed by atoms with Crippen LogP contribution in [0.15, 0.2) is 0 Å². The van der Waals surface area contributed by atoms with Crippen molar-refractivity contribution in [2.45, 2.75) is 0 Å². The Bertz CT molecular complexity index is 37.9. The van der Waals surface area contributed by atoms with Gasteiger partial charge < -0.3 is 11.2 Å². The monoisotopic (exact) mass is 135 g/mol. The molecule has 0 aliphatic rings. The maximum atomic E-state index is 8.74. The molecule has 0 amide bonds. The van der Waals surface area contributed by atoms with Crippen LogP contribution in [-0.4, -0.2) is 27.1 Å². The molecule has 0 aromatic heterocycles. The fourth-order valence-corrected chi connectivity index (χ4v) is 0. The summed E-state index contributed by atoms with van der Waals surface area (Å²) >= 11 is 0. The van der Waals surface area contributed by atoms with Crippen LogP contribution in [0.25, 0.3) is 0 Å². The molecule has 0 aromatic carbocycles. The van der Waals surface area contributed by atoms with Crippen LogP contribution in [0.2, 0.25) is 0 Å². The van der Waals surface area contributed by atoms with Gasteiger partial charge in [0.25, 0.3) is 0 Å². The van der Waals surface area contributed by atoms with Gasteiger partial charge in [-0.2, -0.15) is 0 Å². The fraction of sp³-hybridized carbons (Fsp3) is 0. The average Bonchev–Trinajstić information content (AvgIpc) is 0.811. The molecule has 6 heteroatoms. The Morgan fingerprint density at radius 3 is 1.50 bits per heavy atom. The summed E-state index contributed by atoms with van der Waals surface area (Å²) in [5.74, 6) is 0. The third-order valence-corrected chi connectivity index (χ3v) is 0. The summed E-state index contributed by atoms with van der Waals surface area (Å²) in [7, 11) is -3.13. The molecule has 0 saturated carbocycles. The van der Waals surface area contributed by atoms with E-state index in [-0.39, 0.29) is 48.3 Å². The van der Waals surface area contributed by atoms with E-state index >= 15 is 0 Å². The van der Waals surface area contributed by atoms with Crippen molar-refractivity contribution >= 4 is 25.6 Å². The van der Waals surface area contributed by atoms with Gasteiger partial charge in [0.05, 0.1) is 0 Å². The zero-order valence-electron chi connectivity index (χ0n) is 4.80. The summed E-state index contributed by atoms with van der Waals surface area (Å²) in [4.78, 5) is 14.3. The van der Waals surface area contributed by atoms with E-state index in [0.717, 1.165) is 0 Å². The Hall–Kier alpha value is 1.68. The second-order valence-corrected chi connectivity index (χ2v) is 0.848. The molecule has 33 valence electrons. The molecule has 0 aromatic rings. The molecule has 0 heterocycles. The van der Waals surface area contributed by atoms with Crippen molar-refractivity contribution in [3.8, 4) is 0 Å². The molecule has 0 atom stereocenters. The maximum Gasteiger partial charge on any atom is 1.00 e. The number of hydrogen-bond donors (Lipinski definition) is 2. The van der Waals surface area contributed by atoms with Gasteiger partial charge in [-0.05, 0) is 0 Å². The molecule has 0 saturated heterocycles. The molecule has 2 N–H and O–H groups in total. The van der Waals surface area contributed by atoms with E-state index in [4.69, 9.17) is 14.4 Å². The Balaban J connectivity index is -0.0000000150. The van der Waals surface area contributed by atoms with Crippen LogP contribution in [0.3, 0.4) is 0 Å². The van der Waals surface area contributed by atoms with Crippen LogP contribution in [0.1, 0.15) is 1.43 Å². The van der Waals surface area contributed by atoms with Gasteiger partial charge in [-0.15, -0.1) is 0 Å². The minimum absolute atomic E-state index is 0. The normalized spacial score (nSPS) is 5.83. The molecule has 0 spiro atoms. The Morgan fingerprint density at radius 1 is 1.50 bits per heavy atom. The van der Waals surface area contributed by atoms with E-state index in [1.54, 1.807) is 0 Å². The van der Waals surface area contributed by atoms with Crippen LogP contribution < -0.4 is 29.6 Å². The smallest absolute Gasteiger partial charge is 1.00 e. The summed E-state index contributed by atoms with van der Waals surface area (Å²) in [5, 5.41) is 0. The van der Waals surface area contributed by atoms with Crippen molar-refractivity contribution in [2.75, 3.05) is 0 Å². The van der Waals surface area contributed by atoms with Gasteiger partial charge in [-0.25, -0.2) is 0 Å². The molecule has 0 rings (SSSR count). The van der Waals surface area contributed by atoms with Crippen molar-refractivity contribution in [1.29, 1.82) is 0 Å². The summed E-state index contributed by atoms with van der Waals surface area (Å²) in [6.07, 6.45) is 0. The average molecular weight is 135 g/mol. The fourth-order valence-electron chi connectivity index (χ4n) is 0. The predicted octanol–water partition coefficient (Wildman–Crippen LogP) is -4.44. The molecular weight excluding hydrogens is 129 g/mol. The van der Waals surface area contributed by atoms with Gasteiger partial charge >= 0.3 is 37.8 Å². The molecule has 0 unspecified atom stereocenters. The summed E-state index contributed by atoms with van der Waals surface area (Å²) < 4.78 is 8.74. The van der Waals surface area contributed by atoms with Crippen molar-refractivity contribution < 1.29 is 45.3 Å². The van der Waals surface area contributed by atoms with E-state index in [1.807, 2.05) is 0 Å². The molecule has 0 aliphatic heterocycles. The Morgan fingerprint density at radius 2 is 1.50 bits per heavy atom. The first-order valence-corrected chi connectivity index (χ1v) is 1.95. The Labute approximate surface area is 70.6 Å². The second kappa shape index (κ2) is 9.84. The maximum absolute atomic E-state index is 8.74. The van der Waals surface area contributed by atoms with Crippen LogP contribution in [-0.2, 0) is 4.57 Å². The quantitative estimate of drug-likeness (QED) is 0.260. The van der Waals surface area contributed by atoms with Crippen LogP contribution in [0.5, 0.6) is 0 Å². The molecular formula is H6AlNaO3P. The van der Waals surface area contributed by atoms with Crippen LogP contribution in [0.4, 0.5) is 0 Å². The minimum Gasteiger partial charge on any atom is -1.00 e. The van der Waals surface area contributed by atoms with E-state index in [1.165, 1.54) is 0 Å². The first-order chi connectivity index (χ1) is 1.73. The van der Waals surface area contributed by atoms with Gasteiger partial charge in [0.1, 0.15) is 17.4 Å². The summed E-state index contributed by atoms with van der Waals surface area (Å²) in [6, 6.07) is 0.